The number of rotatable bonds is 5. The summed E-state index contributed by atoms with van der Waals surface area (Å²) >= 11 is 1.43. The first-order valence-electron chi connectivity index (χ1n) is 7.17. The molecular formula is C17H15N3O3S. The van der Waals surface area contributed by atoms with Gasteiger partial charge in [0.25, 0.3) is 0 Å². The largest absolute Gasteiger partial charge is 0.454 e. The molecule has 0 radical (unpaired) electrons. The molecule has 2 aromatic heterocycles. The van der Waals surface area contributed by atoms with E-state index in [1.165, 1.54) is 28.2 Å². The van der Waals surface area contributed by atoms with Gasteiger partial charge in [-0.1, -0.05) is 30.3 Å². The molecule has 7 heteroatoms. The minimum absolute atomic E-state index is 0.0768. The van der Waals surface area contributed by atoms with Crippen LogP contribution in [-0.2, 0) is 18.4 Å². The second-order valence-corrected chi connectivity index (χ2v) is 6.10. The molecule has 122 valence electrons. The third-order valence-corrected chi connectivity index (χ3v) is 4.27. The summed E-state index contributed by atoms with van der Waals surface area (Å²) in [7, 11) is 1.65. The van der Waals surface area contributed by atoms with Crippen LogP contribution in [0.15, 0.2) is 48.0 Å². The Hall–Kier alpha value is -2.93. The van der Waals surface area contributed by atoms with Gasteiger partial charge in [0.15, 0.2) is 0 Å². The first-order chi connectivity index (χ1) is 11.5. The summed E-state index contributed by atoms with van der Waals surface area (Å²) in [5.74, 6) is -1.11. The highest BCUT2D eigenvalue weighted by Crippen LogP contribution is 2.22. The van der Waals surface area contributed by atoms with Crippen LogP contribution >= 0.6 is 11.3 Å². The SMILES string of the molecule is Cn1cc(C(N)=O)cc1C(=O)OCc1nc(-c2ccccc2)cs1. The maximum atomic E-state index is 12.1. The number of benzene rings is 1. The van der Waals surface area contributed by atoms with E-state index in [9.17, 15) is 9.59 Å². The zero-order valence-electron chi connectivity index (χ0n) is 12.9. The minimum atomic E-state index is -0.586. The predicted octanol–water partition coefficient (Wildman–Crippen LogP) is 2.60. The molecule has 6 nitrogen and oxygen atoms in total. The molecule has 1 aromatic carbocycles. The second kappa shape index (κ2) is 6.67. The Kier molecular flexibility index (Phi) is 4.43. The highest BCUT2D eigenvalue weighted by molar-refractivity contribution is 7.09. The summed E-state index contributed by atoms with van der Waals surface area (Å²) in [6, 6.07) is 11.2. The predicted molar refractivity (Wildman–Crippen MR) is 90.6 cm³/mol. The molecule has 2 N–H and O–H groups in total. The molecule has 0 saturated carbocycles. The van der Waals surface area contributed by atoms with Crippen LogP contribution in [0.1, 0.15) is 25.9 Å². The Morgan fingerprint density at radius 2 is 2.04 bits per heavy atom. The number of primary amides is 1. The van der Waals surface area contributed by atoms with Crippen molar-refractivity contribution < 1.29 is 14.3 Å². The van der Waals surface area contributed by atoms with Gasteiger partial charge in [-0.15, -0.1) is 11.3 Å². The Morgan fingerprint density at radius 1 is 1.29 bits per heavy atom. The summed E-state index contributed by atoms with van der Waals surface area (Å²) in [5.41, 5.74) is 7.60. The zero-order chi connectivity index (χ0) is 17.1. The maximum Gasteiger partial charge on any atom is 0.355 e. The summed E-state index contributed by atoms with van der Waals surface area (Å²) in [5, 5.41) is 2.62. The Bertz CT molecular complexity index is 884. The Morgan fingerprint density at radius 3 is 2.71 bits per heavy atom. The topological polar surface area (TPSA) is 87.2 Å². The average Bonchev–Trinajstić information content (AvgIpc) is 3.20. The third-order valence-electron chi connectivity index (χ3n) is 3.45. The van der Waals surface area contributed by atoms with Gasteiger partial charge in [-0.25, -0.2) is 9.78 Å². The molecule has 0 fully saturated rings. The molecule has 24 heavy (non-hydrogen) atoms. The molecule has 0 bridgehead atoms. The first-order valence-corrected chi connectivity index (χ1v) is 8.05. The van der Waals surface area contributed by atoms with Crippen LogP contribution in [0.3, 0.4) is 0 Å². The number of ether oxygens (including phenoxy) is 1. The van der Waals surface area contributed by atoms with Crippen LogP contribution in [0.2, 0.25) is 0 Å². The molecule has 0 spiro atoms. The molecule has 0 aliphatic carbocycles. The van der Waals surface area contributed by atoms with E-state index in [1.807, 2.05) is 35.7 Å². The lowest BCUT2D eigenvalue weighted by Crippen LogP contribution is -2.10. The van der Waals surface area contributed by atoms with Crippen molar-refractivity contribution in [2.24, 2.45) is 12.8 Å². The van der Waals surface area contributed by atoms with Crippen molar-refractivity contribution in [1.29, 1.82) is 0 Å². The van der Waals surface area contributed by atoms with Crippen molar-refractivity contribution in [3.8, 4) is 11.3 Å². The Labute approximate surface area is 142 Å². The number of hydrogen-bond acceptors (Lipinski definition) is 5. The second-order valence-electron chi connectivity index (χ2n) is 5.16. The van der Waals surface area contributed by atoms with Gasteiger partial charge in [-0.3, -0.25) is 4.79 Å². The number of aromatic nitrogens is 2. The number of carbonyl (C=O) groups excluding carboxylic acids is 2. The lowest BCUT2D eigenvalue weighted by molar-refractivity contribution is 0.0461. The van der Waals surface area contributed by atoms with Gasteiger partial charge in [0.05, 0.1) is 11.3 Å². The Balaban J connectivity index is 1.67. The number of esters is 1. The van der Waals surface area contributed by atoms with E-state index in [0.29, 0.717) is 5.01 Å². The number of thiazole rings is 1. The zero-order valence-corrected chi connectivity index (χ0v) is 13.7. The van der Waals surface area contributed by atoms with Gasteiger partial charge < -0.3 is 15.0 Å². The maximum absolute atomic E-state index is 12.1. The number of nitrogens with two attached hydrogens (primary N) is 1. The molecule has 3 aromatic rings. The van der Waals surface area contributed by atoms with Gasteiger partial charge in [0.1, 0.15) is 17.3 Å². The fourth-order valence-corrected chi connectivity index (χ4v) is 2.94. The molecule has 0 aliphatic rings. The molecular weight excluding hydrogens is 326 g/mol. The van der Waals surface area contributed by atoms with Gasteiger partial charge in [0.2, 0.25) is 5.91 Å². The third kappa shape index (κ3) is 3.36. The van der Waals surface area contributed by atoms with Crippen molar-refractivity contribution in [2.45, 2.75) is 6.61 Å². The summed E-state index contributed by atoms with van der Waals surface area (Å²) in [4.78, 5) is 27.7. The van der Waals surface area contributed by atoms with Crippen LogP contribution in [-0.4, -0.2) is 21.4 Å². The van der Waals surface area contributed by atoms with Crippen molar-refractivity contribution in [3.05, 3.63) is 64.2 Å². The van der Waals surface area contributed by atoms with E-state index in [2.05, 4.69) is 4.98 Å². The monoisotopic (exact) mass is 341 g/mol. The van der Waals surface area contributed by atoms with Crippen LogP contribution in [0.25, 0.3) is 11.3 Å². The molecule has 2 heterocycles. The fraction of sp³-hybridized carbons (Fsp3) is 0.118. The number of hydrogen-bond donors (Lipinski definition) is 1. The number of carbonyl (C=O) groups is 2. The smallest absolute Gasteiger partial charge is 0.355 e. The van der Waals surface area contributed by atoms with E-state index < -0.39 is 11.9 Å². The van der Waals surface area contributed by atoms with Crippen molar-refractivity contribution >= 4 is 23.2 Å². The lowest BCUT2D eigenvalue weighted by atomic mass is 10.2. The fourth-order valence-electron chi connectivity index (χ4n) is 2.22. The van der Waals surface area contributed by atoms with Crippen LogP contribution in [0.4, 0.5) is 0 Å². The molecule has 1 amide bonds. The van der Waals surface area contributed by atoms with Gasteiger partial charge in [-0.05, 0) is 6.07 Å². The van der Waals surface area contributed by atoms with Gasteiger partial charge >= 0.3 is 5.97 Å². The minimum Gasteiger partial charge on any atom is -0.454 e. The van der Waals surface area contributed by atoms with E-state index in [0.717, 1.165) is 11.3 Å². The van der Waals surface area contributed by atoms with E-state index in [-0.39, 0.29) is 17.9 Å². The quantitative estimate of drug-likeness (QED) is 0.723. The molecule has 0 atom stereocenters. The van der Waals surface area contributed by atoms with E-state index in [4.69, 9.17) is 10.5 Å². The lowest BCUT2D eigenvalue weighted by Gasteiger charge is -2.03. The molecule has 3 rings (SSSR count). The molecule has 0 unspecified atom stereocenters. The van der Waals surface area contributed by atoms with Gasteiger partial charge in [-0.2, -0.15) is 0 Å². The number of nitrogens with zero attached hydrogens (tertiary/aromatic N) is 2. The van der Waals surface area contributed by atoms with Crippen LogP contribution < -0.4 is 5.73 Å². The van der Waals surface area contributed by atoms with Crippen LogP contribution in [0, 0.1) is 0 Å². The highest BCUT2D eigenvalue weighted by Gasteiger charge is 2.16. The summed E-state index contributed by atoms with van der Waals surface area (Å²) in [6.45, 7) is 0.0768. The van der Waals surface area contributed by atoms with Crippen molar-refractivity contribution in [3.63, 3.8) is 0 Å². The first kappa shape index (κ1) is 15.9. The molecule has 0 aliphatic heterocycles. The molecule has 0 saturated heterocycles. The number of amides is 1. The van der Waals surface area contributed by atoms with E-state index in [1.54, 1.807) is 7.05 Å². The average molecular weight is 341 g/mol. The highest BCUT2D eigenvalue weighted by atomic mass is 32.1. The summed E-state index contributed by atoms with van der Waals surface area (Å²) < 4.78 is 6.79. The standard InChI is InChI=1S/C17H15N3O3S/c1-20-8-12(16(18)21)7-14(20)17(22)23-9-15-19-13(10-24-15)11-5-3-2-4-6-11/h2-8,10H,9H2,1H3,(H2,18,21). The van der Waals surface area contributed by atoms with Gasteiger partial charge in [0, 0.05) is 24.2 Å². The number of aryl methyl sites for hydroxylation is 1. The van der Waals surface area contributed by atoms with Crippen molar-refractivity contribution in [1.82, 2.24) is 9.55 Å². The van der Waals surface area contributed by atoms with Crippen LogP contribution in [0.5, 0.6) is 0 Å². The normalized spacial score (nSPS) is 10.5. The van der Waals surface area contributed by atoms with E-state index >= 15 is 0 Å². The summed E-state index contributed by atoms with van der Waals surface area (Å²) in [6.07, 6.45) is 1.50. The van der Waals surface area contributed by atoms with Crippen molar-refractivity contribution in [2.75, 3.05) is 0 Å².